The standard InChI is InChI=1S/C13H15F3N4O3/c14-13(15,16)8-22-10-2-1-9(18-19-10)20-5-3-12(4-6-20)7-23-11(21)17-12/h1-2H,3-8H2,(H,17,21). The van der Waals surface area contributed by atoms with E-state index in [4.69, 9.17) is 4.74 Å². The Kier molecular flexibility index (Phi) is 3.90. The predicted octanol–water partition coefficient (Wildman–Crippen LogP) is 1.50. The summed E-state index contributed by atoms with van der Waals surface area (Å²) in [5.74, 6) is 0.389. The molecule has 0 aromatic carbocycles. The normalized spacial score (nSPS) is 20.3. The molecule has 3 heterocycles. The van der Waals surface area contributed by atoms with Gasteiger partial charge in [0, 0.05) is 19.2 Å². The van der Waals surface area contributed by atoms with E-state index in [2.05, 4.69) is 20.3 Å². The Hall–Kier alpha value is -2.26. The fraction of sp³-hybridized carbons (Fsp3) is 0.615. The number of anilines is 1. The number of amides is 1. The number of cyclic esters (lactones) is 1. The average Bonchev–Trinajstić information content (AvgIpc) is 2.87. The number of piperidine rings is 1. The molecule has 7 nitrogen and oxygen atoms in total. The van der Waals surface area contributed by atoms with E-state index in [9.17, 15) is 18.0 Å². The van der Waals surface area contributed by atoms with Crippen molar-refractivity contribution in [1.29, 1.82) is 0 Å². The summed E-state index contributed by atoms with van der Waals surface area (Å²) in [6.07, 6.45) is -3.40. The van der Waals surface area contributed by atoms with Crippen molar-refractivity contribution in [2.75, 3.05) is 31.2 Å². The summed E-state index contributed by atoms with van der Waals surface area (Å²) < 4.78 is 45.7. The van der Waals surface area contributed by atoms with Gasteiger partial charge in [-0.05, 0) is 18.9 Å². The Labute approximate surface area is 129 Å². The highest BCUT2D eigenvalue weighted by molar-refractivity contribution is 5.70. The first-order valence-electron chi connectivity index (χ1n) is 7.08. The van der Waals surface area contributed by atoms with Crippen LogP contribution in [0.1, 0.15) is 12.8 Å². The van der Waals surface area contributed by atoms with Gasteiger partial charge in [0.05, 0.1) is 5.54 Å². The van der Waals surface area contributed by atoms with Crippen LogP contribution >= 0.6 is 0 Å². The number of alkyl carbamates (subject to hydrolysis) is 1. The minimum Gasteiger partial charge on any atom is -0.467 e. The van der Waals surface area contributed by atoms with Gasteiger partial charge in [-0.25, -0.2) is 4.79 Å². The van der Waals surface area contributed by atoms with Crippen LogP contribution in [0, 0.1) is 0 Å². The van der Waals surface area contributed by atoms with Crippen molar-refractivity contribution < 1.29 is 27.4 Å². The Morgan fingerprint density at radius 1 is 1.30 bits per heavy atom. The predicted molar refractivity (Wildman–Crippen MR) is 72.2 cm³/mol. The number of carbonyl (C=O) groups excluding carboxylic acids is 1. The fourth-order valence-electron chi connectivity index (χ4n) is 2.64. The summed E-state index contributed by atoms with van der Waals surface area (Å²) >= 11 is 0. The van der Waals surface area contributed by atoms with Crippen molar-refractivity contribution in [3.05, 3.63) is 12.1 Å². The smallest absolute Gasteiger partial charge is 0.422 e. The van der Waals surface area contributed by atoms with Crippen molar-refractivity contribution in [2.24, 2.45) is 0 Å². The third-order valence-corrected chi connectivity index (χ3v) is 3.90. The van der Waals surface area contributed by atoms with E-state index >= 15 is 0 Å². The highest BCUT2D eigenvalue weighted by atomic mass is 19.4. The highest BCUT2D eigenvalue weighted by Gasteiger charge is 2.42. The number of carbonyl (C=O) groups is 1. The van der Waals surface area contributed by atoms with E-state index in [1.807, 2.05) is 4.90 Å². The molecule has 1 aromatic heterocycles. The maximum absolute atomic E-state index is 12.1. The molecule has 1 spiro atoms. The van der Waals surface area contributed by atoms with Crippen LogP contribution in [0.4, 0.5) is 23.8 Å². The lowest BCUT2D eigenvalue weighted by molar-refractivity contribution is -0.154. The third kappa shape index (κ3) is 3.74. The third-order valence-electron chi connectivity index (χ3n) is 3.90. The lowest BCUT2D eigenvalue weighted by Gasteiger charge is -2.37. The molecule has 2 aliphatic rings. The topological polar surface area (TPSA) is 76.6 Å². The largest absolute Gasteiger partial charge is 0.467 e. The second-order valence-corrected chi connectivity index (χ2v) is 5.60. The first-order valence-corrected chi connectivity index (χ1v) is 7.08. The van der Waals surface area contributed by atoms with Gasteiger partial charge in [0.2, 0.25) is 5.88 Å². The maximum Gasteiger partial charge on any atom is 0.422 e. The molecule has 0 saturated carbocycles. The molecule has 0 radical (unpaired) electrons. The second-order valence-electron chi connectivity index (χ2n) is 5.60. The first kappa shape index (κ1) is 15.6. The number of alkyl halides is 3. The molecule has 0 unspecified atom stereocenters. The Bertz CT molecular complexity index is 571. The zero-order valence-corrected chi connectivity index (χ0v) is 12.1. The molecule has 2 saturated heterocycles. The summed E-state index contributed by atoms with van der Waals surface area (Å²) in [6, 6.07) is 2.93. The molecule has 2 fully saturated rings. The van der Waals surface area contributed by atoms with E-state index in [1.54, 1.807) is 6.07 Å². The Balaban J connectivity index is 1.55. The molecule has 0 bridgehead atoms. The zero-order chi connectivity index (χ0) is 16.5. The van der Waals surface area contributed by atoms with Crippen LogP contribution in [0.3, 0.4) is 0 Å². The molecule has 3 rings (SSSR count). The van der Waals surface area contributed by atoms with Gasteiger partial charge in [0.1, 0.15) is 6.61 Å². The number of halogens is 3. The number of rotatable bonds is 3. The molecule has 2 aliphatic heterocycles. The average molecular weight is 332 g/mol. The summed E-state index contributed by atoms with van der Waals surface area (Å²) in [7, 11) is 0. The molecular weight excluding hydrogens is 317 g/mol. The Morgan fingerprint density at radius 3 is 2.57 bits per heavy atom. The lowest BCUT2D eigenvalue weighted by atomic mass is 9.89. The quantitative estimate of drug-likeness (QED) is 0.904. The number of nitrogens with zero attached hydrogens (tertiary/aromatic N) is 3. The number of hydrogen-bond donors (Lipinski definition) is 1. The van der Waals surface area contributed by atoms with Crippen LogP contribution in [0.25, 0.3) is 0 Å². The van der Waals surface area contributed by atoms with Gasteiger partial charge >= 0.3 is 12.3 Å². The van der Waals surface area contributed by atoms with Crippen molar-refractivity contribution in [2.45, 2.75) is 24.6 Å². The van der Waals surface area contributed by atoms with Crippen LogP contribution in [0.15, 0.2) is 12.1 Å². The van der Waals surface area contributed by atoms with Crippen molar-refractivity contribution in [1.82, 2.24) is 15.5 Å². The number of hydrogen-bond acceptors (Lipinski definition) is 6. The number of aromatic nitrogens is 2. The number of ether oxygens (including phenoxy) is 2. The molecule has 10 heteroatoms. The Morgan fingerprint density at radius 2 is 2.04 bits per heavy atom. The van der Waals surface area contributed by atoms with E-state index in [0.717, 1.165) is 0 Å². The minimum atomic E-state index is -4.41. The van der Waals surface area contributed by atoms with E-state index in [-0.39, 0.29) is 11.4 Å². The van der Waals surface area contributed by atoms with Gasteiger partial charge in [-0.2, -0.15) is 13.2 Å². The van der Waals surface area contributed by atoms with Gasteiger partial charge in [0.15, 0.2) is 12.4 Å². The van der Waals surface area contributed by atoms with Gasteiger partial charge in [-0.15, -0.1) is 10.2 Å². The molecule has 0 atom stereocenters. The van der Waals surface area contributed by atoms with Crippen molar-refractivity contribution in [3.63, 3.8) is 0 Å². The van der Waals surface area contributed by atoms with Gasteiger partial charge in [-0.3, -0.25) is 0 Å². The van der Waals surface area contributed by atoms with Crippen LogP contribution < -0.4 is 15.0 Å². The van der Waals surface area contributed by atoms with E-state index < -0.39 is 18.9 Å². The molecule has 126 valence electrons. The van der Waals surface area contributed by atoms with E-state index in [0.29, 0.717) is 38.4 Å². The first-order chi connectivity index (χ1) is 10.9. The highest BCUT2D eigenvalue weighted by Crippen LogP contribution is 2.28. The van der Waals surface area contributed by atoms with Gasteiger partial charge in [-0.1, -0.05) is 0 Å². The van der Waals surface area contributed by atoms with Crippen molar-refractivity contribution >= 4 is 11.9 Å². The van der Waals surface area contributed by atoms with Gasteiger partial charge in [0.25, 0.3) is 0 Å². The zero-order valence-electron chi connectivity index (χ0n) is 12.1. The summed E-state index contributed by atoms with van der Waals surface area (Å²) in [6.45, 7) is 0.241. The van der Waals surface area contributed by atoms with Crippen LogP contribution in [-0.4, -0.2) is 54.3 Å². The summed E-state index contributed by atoms with van der Waals surface area (Å²) in [4.78, 5) is 13.1. The SMILES string of the molecule is O=C1NC2(CCN(c3ccc(OCC(F)(F)F)nn3)CC2)CO1. The number of nitrogens with one attached hydrogen (secondary N) is 1. The minimum absolute atomic E-state index is 0.170. The lowest BCUT2D eigenvalue weighted by Crippen LogP contribution is -2.52. The maximum atomic E-state index is 12.1. The van der Waals surface area contributed by atoms with E-state index in [1.165, 1.54) is 6.07 Å². The molecule has 0 aliphatic carbocycles. The fourth-order valence-corrected chi connectivity index (χ4v) is 2.64. The summed E-state index contributed by atoms with van der Waals surface area (Å²) in [5, 5.41) is 10.4. The molecular formula is C13H15F3N4O3. The molecule has 1 amide bonds. The molecule has 1 N–H and O–H groups in total. The van der Waals surface area contributed by atoms with Crippen molar-refractivity contribution in [3.8, 4) is 5.88 Å². The molecule has 23 heavy (non-hydrogen) atoms. The van der Waals surface area contributed by atoms with Crippen LogP contribution in [-0.2, 0) is 4.74 Å². The second kappa shape index (κ2) is 5.74. The van der Waals surface area contributed by atoms with Crippen LogP contribution in [0.2, 0.25) is 0 Å². The summed E-state index contributed by atoms with van der Waals surface area (Å²) in [5.41, 5.74) is -0.323. The van der Waals surface area contributed by atoms with Crippen LogP contribution in [0.5, 0.6) is 5.88 Å². The molecule has 1 aromatic rings. The van der Waals surface area contributed by atoms with Gasteiger partial charge < -0.3 is 19.7 Å². The monoisotopic (exact) mass is 332 g/mol.